The molecule has 0 aliphatic carbocycles. The van der Waals surface area contributed by atoms with Crippen molar-refractivity contribution in [1.82, 2.24) is 15.3 Å². The standard InChI is InChI=1S/C15H13N3O3/c1-2-14(19)21-13-6-5-12(10-17-13)15(20)18-9-11-4-3-7-16-8-11/h2-8,10H,1,9H2,(H,18,20). The van der Waals surface area contributed by atoms with E-state index in [1.807, 2.05) is 6.07 Å². The highest BCUT2D eigenvalue weighted by atomic mass is 16.5. The molecule has 0 aromatic carbocycles. The third-order valence-corrected chi connectivity index (χ3v) is 2.55. The first-order valence-corrected chi connectivity index (χ1v) is 6.16. The van der Waals surface area contributed by atoms with E-state index in [1.54, 1.807) is 18.5 Å². The smallest absolute Gasteiger partial charge is 0.336 e. The molecule has 2 aromatic rings. The molecule has 1 N–H and O–H groups in total. The highest BCUT2D eigenvalue weighted by molar-refractivity contribution is 5.93. The molecular weight excluding hydrogens is 270 g/mol. The summed E-state index contributed by atoms with van der Waals surface area (Å²) in [6, 6.07) is 6.63. The van der Waals surface area contributed by atoms with Crippen molar-refractivity contribution in [3.8, 4) is 5.88 Å². The minimum absolute atomic E-state index is 0.115. The number of nitrogens with zero attached hydrogens (tertiary/aromatic N) is 2. The molecular formula is C15H13N3O3. The van der Waals surface area contributed by atoms with Gasteiger partial charge in [-0.05, 0) is 17.7 Å². The zero-order valence-electron chi connectivity index (χ0n) is 11.2. The molecule has 0 saturated carbocycles. The molecule has 0 bridgehead atoms. The maximum atomic E-state index is 11.9. The fourth-order valence-electron chi connectivity index (χ4n) is 1.51. The van der Waals surface area contributed by atoms with Gasteiger partial charge in [-0.15, -0.1) is 0 Å². The molecule has 2 rings (SSSR count). The Morgan fingerprint density at radius 1 is 1.29 bits per heavy atom. The lowest BCUT2D eigenvalue weighted by Gasteiger charge is -2.05. The van der Waals surface area contributed by atoms with E-state index < -0.39 is 5.97 Å². The Balaban J connectivity index is 1.93. The van der Waals surface area contributed by atoms with E-state index in [9.17, 15) is 9.59 Å². The molecule has 0 aliphatic rings. The predicted molar refractivity (Wildman–Crippen MR) is 75.5 cm³/mol. The summed E-state index contributed by atoms with van der Waals surface area (Å²) in [4.78, 5) is 30.7. The van der Waals surface area contributed by atoms with Gasteiger partial charge in [0, 0.05) is 37.3 Å². The lowest BCUT2D eigenvalue weighted by molar-refractivity contribution is -0.129. The molecule has 6 heteroatoms. The van der Waals surface area contributed by atoms with Gasteiger partial charge in [-0.3, -0.25) is 9.78 Å². The van der Waals surface area contributed by atoms with Gasteiger partial charge in [0.15, 0.2) is 0 Å². The Labute approximate surface area is 121 Å². The SMILES string of the molecule is C=CC(=O)Oc1ccc(C(=O)NCc2cccnc2)cn1. The number of pyridine rings is 2. The Morgan fingerprint density at radius 3 is 2.76 bits per heavy atom. The monoisotopic (exact) mass is 283 g/mol. The zero-order valence-corrected chi connectivity index (χ0v) is 11.2. The van der Waals surface area contributed by atoms with Crippen LogP contribution in [-0.2, 0) is 11.3 Å². The molecule has 1 amide bonds. The number of aromatic nitrogens is 2. The van der Waals surface area contributed by atoms with Crippen LogP contribution in [0.25, 0.3) is 0 Å². The topological polar surface area (TPSA) is 81.2 Å². The van der Waals surface area contributed by atoms with E-state index >= 15 is 0 Å². The average Bonchev–Trinajstić information content (AvgIpc) is 2.54. The molecule has 2 aromatic heterocycles. The molecule has 0 unspecified atom stereocenters. The highest BCUT2D eigenvalue weighted by Crippen LogP contribution is 2.08. The molecule has 2 heterocycles. The van der Waals surface area contributed by atoms with Crippen molar-refractivity contribution in [1.29, 1.82) is 0 Å². The van der Waals surface area contributed by atoms with Crippen molar-refractivity contribution in [2.45, 2.75) is 6.54 Å². The maximum Gasteiger partial charge on any atom is 0.336 e. The summed E-state index contributed by atoms with van der Waals surface area (Å²) in [5.74, 6) is -0.757. The number of esters is 1. The molecule has 21 heavy (non-hydrogen) atoms. The van der Waals surface area contributed by atoms with Crippen LogP contribution in [0, 0.1) is 0 Å². The van der Waals surface area contributed by atoms with E-state index in [1.165, 1.54) is 18.3 Å². The first kappa shape index (κ1) is 14.4. The second kappa shape index (κ2) is 6.95. The molecule has 106 valence electrons. The van der Waals surface area contributed by atoms with Crippen molar-refractivity contribution in [2.75, 3.05) is 0 Å². The van der Waals surface area contributed by atoms with E-state index in [-0.39, 0.29) is 11.8 Å². The first-order valence-electron chi connectivity index (χ1n) is 6.16. The summed E-state index contributed by atoms with van der Waals surface area (Å²) in [5.41, 5.74) is 1.27. The summed E-state index contributed by atoms with van der Waals surface area (Å²) >= 11 is 0. The van der Waals surface area contributed by atoms with Crippen LogP contribution in [0.2, 0.25) is 0 Å². The molecule has 0 spiro atoms. The van der Waals surface area contributed by atoms with Crippen molar-refractivity contribution >= 4 is 11.9 Å². The highest BCUT2D eigenvalue weighted by Gasteiger charge is 2.07. The summed E-state index contributed by atoms with van der Waals surface area (Å²) in [7, 11) is 0. The van der Waals surface area contributed by atoms with Crippen molar-refractivity contribution < 1.29 is 14.3 Å². The Morgan fingerprint density at radius 2 is 2.14 bits per heavy atom. The summed E-state index contributed by atoms with van der Waals surface area (Å²) < 4.78 is 4.82. The molecule has 6 nitrogen and oxygen atoms in total. The maximum absolute atomic E-state index is 11.9. The van der Waals surface area contributed by atoms with Crippen LogP contribution in [0.15, 0.2) is 55.5 Å². The third kappa shape index (κ3) is 4.24. The van der Waals surface area contributed by atoms with E-state index in [4.69, 9.17) is 4.74 Å². The van der Waals surface area contributed by atoms with Crippen LogP contribution in [0.5, 0.6) is 5.88 Å². The number of nitrogens with one attached hydrogen (secondary N) is 1. The van der Waals surface area contributed by atoms with Gasteiger partial charge >= 0.3 is 5.97 Å². The summed E-state index contributed by atoms with van der Waals surface area (Å²) in [6.07, 6.45) is 5.72. The number of hydrogen-bond donors (Lipinski definition) is 1. The number of carbonyl (C=O) groups is 2. The van der Waals surface area contributed by atoms with Gasteiger partial charge in [0.25, 0.3) is 5.91 Å². The number of rotatable bonds is 5. The van der Waals surface area contributed by atoms with Crippen LogP contribution in [0.1, 0.15) is 15.9 Å². The quantitative estimate of drug-likeness (QED) is 0.664. The largest absolute Gasteiger partial charge is 0.404 e. The first-order chi connectivity index (χ1) is 10.2. The van der Waals surface area contributed by atoms with E-state index in [0.717, 1.165) is 11.6 Å². The molecule has 0 fully saturated rings. The van der Waals surface area contributed by atoms with Gasteiger partial charge in [-0.25, -0.2) is 9.78 Å². The number of ether oxygens (including phenoxy) is 1. The van der Waals surface area contributed by atoms with Gasteiger partial charge < -0.3 is 10.1 Å². The fourth-order valence-corrected chi connectivity index (χ4v) is 1.51. The zero-order chi connectivity index (χ0) is 15.1. The second-order valence-corrected chi connectivity index (χ2v) is 4.05. The minimum Gasteiger partial charge on any atom is -0.404 e. The third-order valence-electron chi connectivity index (χ3n) is 2.55. The summed E-state index contributed by atoms with van der Waals surface area (Å²) in [5, 5.41) is 2.74. The Hall–Kier alpha value is -3.02. The molecule has 0 radical (unpaired) electrons. The number of hydrogen-bond acceptors (Lipinski definition) is 5. The van der Waals surface area contributed by atoms with Crippen LogP contribution < -0.4 is 10.1 Å². The van der Waals surface area contributed by atoms with Crippen LogP contribution >= 0.6 is 0 Å². The van der Waals surface area contributed by atoms with Gasteiger partial charge in [-0.2, -0.15) is 0 Å². The minimum atomic E-state index is -0.601. The van der Waals surface area contributed by atoms with Gasteiger partial charge in [0.1, 0.15) is 0 Å². The number of carbonyl (C=O) groups excluding carboxylic acids is 2. The second-order valence-electron chi connectivity index (χ2n) is 4.05. The lowest BCUT2D eigenvalue weighted by atomic mass is 10.2. The van der Waals surface area contributed by atoms with Crippen molar-refractivity contribution in [3.63, 3.8) is 0 Å². The van der Waals surface area contributed by atoms with E-state index in [2.05, 4.69) is 21.9 Å². The van der Waals surface area contributed by atoms with Crippen LogP contribution in [0.4, 0.5) is 0 Å². The molecule has 0 atom stereocenters. The van der Waals surface area contributed by atoms with Gasteiger partial charge in [0.2, 0.25) is 5.88 Å². The Bertz CT molecular complexity index is 639. The predicted octanol–water partition coefficient (Wildman–Crippen LogP) is 1.50. The fraction of sp³-hybridized carbons (Fsp3) is 0.0667. The lowest BCUT2D eigenvalue weighted by Crippen LogP contribution is -2.23. The van der Waals surface area contributed by atoms with Crippen molar-refractivity contribution in [3.05, 3.63) is 66.6 Å². The molecule has 0 saturated heterocycles. The van der Waals surface area contributed by atoms with Crippen LogP contribution in [-0.4, -0.2) is 21.8 Å². The summed E-state index contributed by atoms with van der Waals surface area (Å²) in [6.45, 7) is 3.66. The van der Waals surface area contributed by atoms with Crippen molar-refractivity contribution in [2.24, 2.45) is 0 Å². The van der Waals surface area contributed by atoms with E-state index in [0.29, 0.717) is 12.1 Å². The number of amides is 1. The van der Waals surface area contributed by atoms with Crippen LogP contribution in [0.3, 0.4) is 0 Å². The van der Waals surface area contributed by atoms with Gasteiger partial charge in [-0.1, -0.05) is 12.6 Å². The Kier molecular flexibility index (Phi) is 4.76. The normalized spacial score (nSPS) is 9.71. The van der Waals surface area contributed by atoms with Gasteiger partial charge in [0.05, 0.1) is 5.56 Å². The average molecular weight is 283 g/mol. The molecule has 0 aliphatic heterocycles.